The van der Waals surface area contributed by atoms with E-state index in [1.165, 1.54) is 32.1 Å². The zero-order chi connectivity index (χ0) is 19.5. The Balaban J connectivity index is 0.000000227. The second kappa shape index (κ2) is 11.7. The summed E-state index contributed by atoms with van der Waals surface area (Å²) in [5, 5.41) is 17.8. The summed E-state index contributed by atoms with van der Waals surface area (Å²) in [7, 11) is 0. The fourth-order valence-electron chi connectivity index (χ4n) is 2.98. The van der Waals surface area contributed by atoms with Crippen molar-refractivity contribution in [1.29, 1.82) is 0 Å². The highest BCUT2D eigenvalue weighted by molar-refractivity contribution is 5.92. The van der Waals surface area contributed by atoms with E-state index in [1.54, 1.807) is 6.07 Å². The first kappa shape index (κ1) is 21.4. The van der Waals surface area contributed by atoms with Gasteiger partial charge >= 0.3 is 0 Å². The molecule has 2 saturated carbocycles. The molecule has 5 N–H and O–H groups in total. The van der Waals surface area contributed by atoms with Gasteiger partial charge in [0.25, 0.3) is 5.91 Å². The van der Waals surface area contributed by atoms with Gasteiger partial charge in [0.2, 0.25) is 5.91 Å². The molecule has 2 aliphatic rings. The van der Waals surface area contributed by atoms with E-state index < -0.39 is 0 Å². The summed E-state index contributed by atoms with van der Waals surface area (Å²) in [5.41, 5.74) is 5.63. The minimum absolute atomic E-state index is 0.0763. The topological polar surface area (TPSA) is 130 Å². The van der Waals surface area contributed by atoms with E-state index in [1.807, 2.05) is 0 Å². The number of aliphatic hydroxyl groups is 1. The van der Waals surface area contributed by atoms with Crippen molar-refractivity contribution < 1.29 is 19.2 Å². The second-order valence-electron chi connectivity index (χ2n) is 7.16. The van der Waals surface area contributed by atoms with Crippen molar-refractivity contribution in [3.05, 3.63) is 17.5 Å². The number of carbonyl (C=O) groups excluding carboxylic acids is 2. The summed E-state index contributed by atoms with van der Waals surface area (Å²) < 4.78 is 5.19. The normalized spacial score (nSPS) is 17.0. The van der Waals surface area contributed by atoms with Gasteiger partial charge in [0.1, 0.15) is 5.76 Å². The fourth-order valence-corrected chi connectivity index (χ4v) is 2.98. The van der Waals surface area contributed by atoms with E-state index in [-0.39, 0.29) is 24.8 Å². The number of nitrogens with one attached hydrogen (secondary N) is 2. The number of amides is 2. The van der Waals surface area contributed by atoms with Crippen LogP contribution in [0.4, 0.5) is 0 Å². The number of aromatic nitrogens is 1. The molecular weight excluding hydrogens is 348 g/mol. The minimum Gasteiger partial charge on any atom is -0.396 e. The first-order valence-electron chi connectivity index (χ1n) is 9.99. The molecule has 2 aliphatic carbocycles. The predicted molar refractivity (Wildman–Crippen MR) is 101 cm³/mol. The van der Waals surface area contributed by atoms with Gasteiger partial charge < -0.3 is 26.0 Å². The molecule has 27 heavy (non-hydrogen) atoms. The quantitative estimate of drug-likeness (QED) is 0.505. The van der Waals surface area contributed by atoms with Gasteiger partial charge in [-0.3, -0.25) is 9.59 Å². The van der Waals surface area contributed by atoms with E-state index in [9.17, 15) is 9.59 Å². The maximum absolute atomic E-state index is 11.9. The van der Waals surface area contributed by atoms with Gasteiger partial charge in [0.15, 0.2) is 5.69 Å². The van der Waals surface area contributed by atoms with E-state index in [2.05, 4.69) is 15.8 Å². The number of hydrogen-bond acceptors (Lipinski definition) is 6. The fraction of sp³-hybridized carbons (Fsp3) is 0.737. The third kappa shape index (κ3) is 8.09. The van der Waals surface area contributed by atoms with Crippen LogP contribution < -0.4 is 16.4 Å². The van der Waals surface area contributed by atoms with Gasteiger partial charge in [-0.25, -0.2) is 0 Å². The Hall–Kier alpha value is -1.93. The SMILES string of the molecule is NCCCNC(=O)CCO.O=C(NC1CCCCC1)c1cc(C2CC2)on1. The number of carbonyl (C=O) groups is 2. The number of aliphatic hydroxyl groups excluding tert-OH is 1. The Morgan fingerprint density at radius 2 is 1.96 bits per heavy atom. The maximum atomic E-state index is 11.9. The van der Waals surface area contributed by atoms with Crippen LogP contribution in [0, 0.1) is 0 Å². The van der Waals surface area contributed by atoms with Gasteiger partial charge in [0.05, 0.1) is 6.61 Å². The van der Waals surface area contributed by atoms with Crippen molar-refractivity contribution in [3.8, 4) is 0 Å². The molecule has 2 amide bonds. The smallest absolute Gasteiger partial charge is 0.273 e. The van der Waals surface area contributed by atoms with Crippen LogP contribution >= 0.6 is 0 Å². The lowest BCUT2D eigenvalue weighted by Crippen LogP contribution is -2.36. The molecule has 0 radical (unpaired) electrons. The zero-order valence-corrected chi connectivity index (χ0v) is 15.9. The summed E-state index contributed by atoms with van der Waals surface area (Å²) in [4.78, 5) is 22.5. The highest BCUT2D eigenvalue weighted by Gasteiger charge is 2.29. The average Bonchev–Trinajstić information content (AvgIpc) is 3.40. The largest absolute Gasteiger partial charge is 0.396 e. The molecule has 1 aromatic heterocycles. The van der Waals surface area contributed by atoms with E-state index in [4.69, 9.17) is 15.4 Å². The molecule has 0 spiro atoms. The average molecular weight is 380 g/mol. The molecule has 0 atom stereocenters. The van der Waals surface area contributed by atoms with E-state index in [0.717, 1.165) is 25.0 Å². The summed E-state index contributed by atoms with van der Waals surface area (Å²) in [5.74, 6) is 1.20. The van der Waals surface area contributed by atoms with Crippen molar-refractivity contribution in [2.45, 2.75) is 69.7 Å². The molecule has 0 saturated heterocycles. The van der Waals surface area contributed by atoms with Crippen LogP contribution in [0.25, 0.3) is 0 Å². The standard InChI is InChI=1S/C13H18N2O2.C6H14N2O2/c16-13(14-10-4-2-1-3-5-10)11-8-12(17-15-11)9-6-7-9;7-3-1-4-8-6(10)2-5-9/h8-10H,1-7H2,(H,14,16);9H,1-5,7H2,(H,8,10). The molecule has 8 nitrogen and oxygen atoms in total. The van der Waals surface area contributed by atoms with Crippen molar-refractivity contribution in [2.75, 3.05) is 19.7 Å². The molecule has 0 bridgehead atoms. The zero-order valence-electron chi connectivity index (χ0n) is 15.9. The van der Waals surface area contributed by atoms with E-state index in [0.29, 0.717) is 30.7 Å². The number of rotatable bonds is 8. The van der Waals surface area contributed by atoms with Gasteiger partial charge in [0, 0.05) is 31.0 Å². The summed E-state index contributed by atoms with van der Waals surface area (Å²) in [6.07, 6.45) is 9.23. The van der Waals surface area contributed by atoms with Crippen LogP contribution in [-0.4, -0.2) is 47.8 Å². The lowest BCUT2D eigenvalue weighted by Gasteiger charge is -2.22. The summed E-state index contributed by atoms with van der Waals surface area (Å²) in [6, 6.07) is 2.13. The van der Waals surface area contributed by atoms with Crippen LogP contribution in [0.1, 0.15) is 80.0 Å². The first-order chi connectivity index (χ1) is 13.1. The molecule has 0 unspecified atom stereocenters. The van der Waals surface area contributed by atoms with Crippen molar-refractivity contribution in [1.82, 2.24) is 15.8 Å². The van der Waals surface area contributed by atoms with Gasteiger partial charge in [-0.15, -0.1) is 0 Å². The Bertz CT molecular complexity index is 580. The number of hydrogen-bond donors (Lipinski definition) is 4. The van der Waals surface area contributed by atoms with E-state index >= 15 is 0 Å². The Kier molecular flexibility index (Phi) is 9.27. The molecule has 1 heterocycles. The van der Waals surface area contributed by atoms with Crippen molar-refractivity contribution in [2.24, 2.45) is 5.73 Å². The van der Waals surface area contributed by atoms with Crippen LogP contribution in [0.15, 0.2) is 10.6 Å². The molecule has 1 aromatic rings. The highest BCUT2D eigenvalue weighted by Crippen LogP contribution is 2.40. The lowest BCUT2D eigenvalue weighted by molar-refractivity contribution is -0.121. The minimum atomic E-state index is -0.115. The Labute approximate surface area is 160 Å². The molecule has 8 heteroatoms. The van der Waals surface area contributed by atoms with Crippen molar-refractivity contribution in [3.63, 3.8) is 0 Å². The molecule has 152 valence electrons. The number of nitrogens with zero attached hydrogens (tertiary/aromatic N) is 1. The summed E-state index contributed by atoms with van der Waals surface area (Å²) >= 11 is 0. The summed E-state index contributed by atoms with van der Waals surface area (Å²) in [6.45, 7) is 1.10. The van der Waals surface area contributed by atoms with Gasteiger partial charge in [-0.1, -0.05) is 24.4 Å². The monoisotopic (exact) mass is 380 g/mol. The predicted octanol–water partition coefficient (Wildman–Crippen LogP) is 1.45. The Morgan fingerprint density at radius 1 is 1.22 bits per heavy atom. The first-order valence-corrected chi connectivity index (χ1v) is 9.99. The highest BCUT2D eigenvalue weighted by atomic mass is 16.5. The number of nitrogens with two attached hydrogens (primary N) is 1. The van der Waals surface area contributed by atoms with Crippen LogP contribution in [0.5, 0.6) is 0 Å². The molecule has 3 rings (SSSR count). The van der Waals surface area contributed by atoms with Crippen LogP contribution in [-0.2, 0) is 4.79 Å². The van der Waals surface area contributed by atoms with Gasteiger partial charge in [-0.05, 0) is 38.6 Å². The second-order valence-corrected chi connectivity index (χ2v) is 7.16. The lowest BCUT2D eigenvalue weighted by atomic mass is 9.95. The maximum Gasteiger partial charge on any atom is 0.273 e. The third-order valence-electron chi connectivity index (χ3n) is 4.72. The molecular formula is C19H32N4O4. The Morgan fingerprint density at radius 3 is 2.59 bits per heavy atom. The van der Waals surface area contributed by atoms with Crippen molar-refractivity contribution >= 4 is 11.8 Å². The van der Waals surface area contributed by atoms with Gasteiger partial charge in [-0.2, -0.15) is 0 Å². The molecule has 2 fully saturated rings. The molecule has 0 aromatic carbocycles. The molecule has 0 aliphatic heterocycles. The third-order valence-corrected chi connectivity index (χ3v) is 4.72. The van der Waals surface area contributed by atoms with Crippen LogP contribution in [0.3, 0.4) is 0 Å². The van der Waals surface area contributed by atoms with Crippen LogP contribution in [0.2, 0.25) is 0 Å².